The van der Waals surface area contributed by atoms with Crippen LogP contribution in [0, 0.1) is 5.92 Å². The van der Waals surface area contributed by atoms with Gasteiger partial charge in [-0.2, -0.15) is 19.4 Å². The normalized spacial score (nSPS) is 17.2. The highest BCUT2D eigenvalue weighted by Crippen LogP contribution is 2.31. The van der Waals surface area contributed by atoms with Crippen LogP contribution in [0.2, 0.25) is 0 Å². The summed E-state index contributed by atoms with van der Waals surface area (Å²) >= 11 is -2.01. The molecule has 1 saturated heterocycles. The van der Waals surface area contributed by atoms with E-state index in [9.17, 15) is 4.21 Å². The quantitative estimate of drug-likeness (QED) is 0.357. The highest BCUT2D eigenvalue weighted by Gasteiger charge is 2.23. The Morgan fingerprint density at radius 3 is 2.80 bits per heavy atom. The molecule has 3 rings (SSSR count). The van der Waals surface area contributed by atoms with E-state index in [0.29, 0.717) is 18.2 Å². The molecule has 3 heterocycles. The van der Waals surface area contributed by atoms with E-state index in [-0.39, 0.29) is 0 Å². The van der Waals surface area contributed by atoms with E-state index >= 15 is 0 Å². The lowest BCUT2D eigenvalue weighted by molar-refractivity contribution is 0.370. The molecule has 1 unspecified atom stereocenters. The molecule has 1 aliphatic heterocycles. The van der Waals surface area contributed by atoms with Crippen molar-refractivity contribution in [3.63, 3.8) is 0 Å². The molecule has 0 aromatic carbocycles. The van der Waals surface area contributed by atoms with Crippen LogP contribution in [0.1, 0.15) is 19.3 Å². The molecular weight excluding hydrogens is 344 g/mol. The van der Waals surface area contributed by atoms with Crippen molar-refractivity contribution in [2.45, 2.75) is 19.3 Å². The molecule has 2 aromatic rings. The molecule has 1 aliphatic rings. The second-order valence-corrected chi connectivity index (χ2v) is 7.03. The van der Waals surface area contributed by atoms with E-state index in [4.69, 9.17) is 4.55 Å². The number of anilines is 2. The van der Waals surface area contributed by atoms with Gasteiger partial charge in [-0.15, -0.1) is 0 Å². The van der Waals surface area contributed by atoms with Gasteiger partial charge in [0.05, 0.1) is 11.9 Å². The zero-order valence-corrected chi connectivity index (χ0v) is 15.2. The SMILES string of the molecule is CN(C)c1c(N2CCC(CCNNS(=O)O)CC2)cnc2ncnn12. The van der Waals surface area contributed by atoms with E-state index in [2.05, 4.69) is 30.2 Å². The first-order valence-electron chi connectivity index (χ1n) is 8.26. The standard InChI is InChI=1S/C14H24N8O2S/c1-20(2)13-12(9-15-14-16-10-18-22(13)14)21-7-4-11(5-8-21)3-6-17-19-25(23)24/h9-11,17,19H,3-8H2,1-2H3,(H,23,24). The van der Waals surface area contributed by atoms with Crippen LogP contribution >= 0.6 is 0 Å². The van der Waals surface area contributed by atoms with Crippen LogP contribution in [-0.2, 0) is 11.3 Å². The van der Waals surface area contributed by atoms with Gasteiger partial charge in [0.15, 0.2) is 5.82 Å². The third-order valence-corrected chi connectivity index (χ3v) is 4.80. The molecule has 0 saturated carbocycles. The van der Waals surface area contributed by atoms with Crippen LogP contribution in [0.15, 0.2) is 12.5 Å². The predicted octanol–water partition coefficient (Wildman–Crippen LogP) is 0.0277. The first kappa shape index (κ1) is 18.0. The van der Waals surface area contributed by atoms with Gasteiger partial charge >= 0.3 is 0 Å². The van der Waals surface area contributed by atoms with Gasteiger partial charge < -0.3 is 9.80 Å². The number of hydrogen-bond acceptors (Lipinski definition) is 7. The van der Waals surface area contributed by atoms with Crippen LogP contribution in [0.3, 0.4) is 0 Å². The van der Waals surface area contributed by atoms with Crippen molar-refractivity contribution in [3.8, 4) is 0 Å². The van der Waals surface area contributed by atoms with Crippen molar-refractivity contribution in [2.24, 2.45) is 5.92 Å². The lowest BCUT2D eigenvalue weighted by atomic mass is 9.93. The third kappa shape index (κ3) is 4.24. The van der Waals surface area contributed by atoms with Crippen LogP contribution in [0.25, 0.3) is 5.78 Å². The number of nitrogens with one attached hydrogen (secondary N) is 2. The van der Waals surface area contributed by atoms with Crippen molar-refractivity contribution in [3.05, 3.63) is 12.5 Å². The Balaban J connectivity index is 1.62. The highest BCUT2D eigenvalue weighted by atomic mass is 32.2. The summed E-state index contributed by atoms with van der Waals surface area (Å²) in [5.74, 6) is 2.18. The fourth-order valence-electron chi connectivity index (χ4n) is 3.25. The Bertz CT molecular complexity index is 729. The third-order valence-electron chi connectivity index (χ3n) is 4.48. The van der Waals surface area contributed by atoms with Crippen LogP contribution in [0.4, 0.5) is 11.5 Å². The minimum Gasteiger partial charge on any atom is -0.367 e. The van der Waals surface area contributed by atoms with Gasteiger partial charge in [0.25, 0.3) is 5.78 Å². The summed E-state index contributed by atoms with van der Waals surface area (Å²) < 4.78 is 20.9. The van der Waals surface area contributed by atoms with E-state index in [1.54, 1.807) is 4.52 Å². The van der Waals surface area contributed by atoms with Gasteiger partial charge in [0, 0.05) is 33.7 Å². The summed E-state index contributed by atoms with van der Waals surface area (Å²) in [6.45, 7) is 2.58. The summed E-state index contributed by atoms with van der Waals surface area (Å²) in [5.41, 5.74) is 3.83. The van der Waals surface area contributed by atoms with Gasteiger partial charge in [-0.25, -0.2) is 14.6 Å². The molecule has 2 aromatic heterocycles. The van der Waals surface area contributed by atoms with Crippen molar-refractivity contribution in [1.29, 1.82) is 0 Å². The lowest BCUT2D eigenvalue weighted by Gasteiger charge is -2.35. The van der Waals surface area contributed by atoms with Crippen molar-refractivity contribution in [2.75, 3.05) is 43.5 Å². The Hall–Kier alpha value is -1.82. The van der Waals surface area contributed by atoms with Gasteiger partial charge in [0.1, 0.15) is 6.33 Å². The van der Waals surface area contributed by atoms with Crippen molar-refractivity contribution in [1.82, 2.24) is 29.8 Å². The number of hydrazine groups is 1. The zero-order valence-electron chi connectivity index (χ0n) is 14.4. The summed E-state index contributed by atoms with van der Waals surface area (Å²) in [5, 5.41) is 4.29. The van der Waals surface area contributed by atoms with E-state index < -0.39 is 11.3 Å². The molecule has 25 heavy (non-hydrogen) atoms. The number of fused-ring (bicyclic) bond motifs is 1. The van der Waals surface area contributed by atoms with Gasteiger partial charge in [0.2, 0.25) is 11.3 Å². The Morgan fingerprint density at radius 2 is 2.12 bits per heavy atom. The monoisotopic (exact) mass is 368 g/mol. The van der Waals surface area contributed by atoms with E-state index in [0.717, 1.165) is 43.9 Å². The average Bonchev–Trinajstić information content (AvgIpc) is 3.06. The van der Waals surface area contributed by atoms with Crippen LogP contribution in [-0.4, -0.2) is 62.1 Å². The van der Waals surface area contributed by atoms with Crippen LogP contribution < -0.4 is 20.1 Å². The molecule has 0 aliphatic carbocycles. The summed E-state index contributed by atoms with van der Waals surface area (Å²) in [6.07, 6.45) is 6.52. The second-order valence-electron chi connectivity index (χ2n) is 6.33. The molecule has 1 atom stereocenters. The largest absolute Gasteiger partial charge is 0.367 e. The van der Waals surface area contributed by atoms with E-state index in [1.165, 1.54) is 6.33 Å². The molecule has 0 spiro atoms. The molecule has 3 N–H and O–H groups in total. The van der Waals surface area contributed by atoms with Gasteiger partial charge in [-0.1, -0.05) is 0 Å². The minimum absolute atomic E-state index is 0.599. The fraction of sp³-hybridized carbons (Fsp3) is 0.643. The smallest absolute Gasteiger partial charge is 0.254 e. The second kappa shape index (κ2) is 8.04. The maximum Gasteiger partial charge on any atom is 0.254 e. The molecule has 10 nitrogen and oxygen atoms in total. The number of nitrogens with zero attached hydrogens (tertiary/aromatic N) is 6. The average molecular weight is 368 g/mol. The van der Waals surface area contributed by atoms with Crippen molar-refractivity contribution >= 4 is 28.5 Å². The highest BCUT2D eigenvalue weighted by molar-refractivity contribution is 7.77. The van der Waals surface area contributed by atoms with Gasteiger partial charge in [-0.05, 0) is 25.2 Å². The lowest BCUT2D eigenvalue weighted by Crippen LogP contribution is -2.38. The molecule has 11 heteroatoms. The first-order valence-corrected chi connectivity index (χ1v) is 9.37. The predicted molar refractivity (Wildman–Crippen MR) is 96.6 cm³/mol. The number of rotatable bonds is 7. The Morgan fingerprint density at radius 1 is 1.36 bits per heavy atom. The number of aromatic nitrogens is 4. The molecule has 0 bridgehead atoms. The molecule has 138 valence electrons. The minimum atomic E-state index is -2.01. The number of piperidine rings is 1. The maximum absolute atomic E-state index is 10.5. The molecule has 0 amide bonds. The fourth-order valence-corrected chi connectivity index (χ4v) is 3.48. The molecule has 1 fully saturated rings. The summed E-state index contributed by atoms with van der Waals surface area (Å²) in [6, 6.07) is 0. The Labute approximate surface area is 149 Å². The first-order chi connectivity index (χ1) is 12.1. The molecule has 0 radical (unpaired) electrons. The van der Waals surface area contributed by atoms with Gasteiger partial charge in [-0.3, -0.25) is 4.55 Å². The van der Waals surface area contributed by atoms with Crippen LogP contribution in [0.5, 0.6) is 0 Å². The summed E-state index contributed by atoms with van der Waals surface area (Å²) in [4.78, 5) is 15.2. The zero-order chi connectivity index (χ0) is 17.8. The maximum atomic E-state index is 10.5. The summed E-state index contributed by atoms with van der Waals surface area (Å²) in [7, 11) is 3.99. The Kier molecular flexibility index (Phi) is 5.78. The van der Waals surface area contributed by atoms with E-state index in [1.807, 2.05) is 25.2 Å². The number of hydrogen-bond donors (Lipinski definition) is 3. The van der Waals surface area contributed by atoms with Crippen molar-refractivity contribution < 1.29 is 8.76 Å². The molecular formula is C14H24N8O2S. The topological polar surface area (TPSA) is 111 Å².